The van der Waals surface area contributed by atoms with Crippen LogP contribution in [0.4, 0.5) is 10.5 Å². The average molecular weight is 328 g/mol. The second kappa shape index (κ2) is 8.13. The van der Waals surface area contributed by atoms with Crippen molar-refractivity contribution in [2.24, 2.45) is 0 Å². The number of nitrogens with one attached hydrogen (secondary N) is 1. The molecule has 1 heterocycles. The smallest absolute Gasteiger partial charge is 0.321 e. The van der Waals surface area contributed by atoms with Gasteiger partial charge in [0.05, 0.1) is 11.8 Å². The van der Waals surface area contributed by atoms with Crippen LogP contribution in [-0.4, -0.2) is 48.4 Å². The Morgan fingerprint density at radius 2 is 1.92 bits per heavy atom. The molecule has 2 amide bonds. The van der Waals surface area contributed by atoms with Gasteiger partial charge in [0.15, 0.2) is 0 Å². The Labute approximate surface area is 142 Å². The van der Waals surface area contributed by atoms with Gasteiger partial charge in [-0.15, -0.1) is 0 Å². The third-order valence-electron chi connectivity index (χ3n) is 4.42. The fourth-order valence-corrected chi connectivity index (χ4v) is 3.07. The highest BCUT2D eigenvalue weighted by molar-refractivity contribution is 6.01. The highest BCUT2D eigenvalue weighted by Gasteiger charge is 2.23. The van der Waals surface area contributed by atoms with Gasteiger partial charge in [0.2, 0.25) is 0 Å². The van der Waals surface area contributed by atoms with Gasteiger partial charge in [0.25, 0.3) is 0 Å². The summed E-state index contributed by atoms with van der Waals surface area (Å²) in [6.45, 7) is 2.14. The molecule has 2 aromatic carbocycles. The number of carbonyl (C=O) groups is 1. The number of benzene rings is 2. The van der Waals surface area contributed by atoms with Crippen molar-refractivity contribution >= 4 is 22.5 Å². The lowest BCUT2D eigenvalue weighted by atomic mass is 10.1. The Morgan fingerprint density at radius 3 is 2.71 bits per heavy atom. The van der Waals surface area contributed by atoms with E-state index in [9.17, 15) is 4.79 Å². The van der Waals surface area contributed by atoms with Crippen molar-refractivity contribution < 1.29 is 14.6 Å². The molecule has 0 spiro atoms. The number of aliphatic hydroxyl groups excluding tert-OH is 1. The number of anilines is 1. The zero-order valence-corrected chi connectivity index (χ0v) is 13.8. The van der Waals surface area contributed by atoms with E-state index in [0.29, 0.717) is 26.1 Å². The molecule has 1 aliphatic rings. The van der Waals surface area contributed by atoms with Gasteiger partial charge in [-0.2, -0.15) is 0 Å². The Balaban J connectivity index is 1.56. The highest BCUT2D eigenvalue weighted by atomic mass is 16.5. The van der Waals surface area contributed by atoms with Crippen LogP contribution in [0.3, 0.4) is 0 Å². The molecule has 5 nitrogen and oxygen atoms in total. The van der Waals surface area contributed by atoms with E-state index in [0.717, 1.165) is 29.3 Å². The van der Waals surface area contributed by atoms with E-state index in [-0.39, 0.29) is 18.7 Å². The van der Waals surface area contributed by atoms with Crippen LogP contribution in [0.25, 0.3) is 10.8 Å². The first-order valence-corrected chi connectivity index (χ1v) is 8.54. The number of aliphatic hydroxyl groups is 1. The van der Waals surface area contributed by atoms with Crippen molar-refractivity contribution in [1.29, 1.82) is 0 Å². The number of rotatable bonds is 5. The van der Waals surface area contributed by atoms with Crippen molar-refractivity contribution in [2.75, 3.05) is 31.6 Å². The molecule has 0 unspecified atom stereocenters. The number of hydrogen-bond donors (Lipinski definition) is 2. The zero-order chi connectivity index (χ0) is 16.8. The zero-order valence-electron chi connectivity index (χ0n) is 13.8. The number of nitrogens with zero attached hydrogens (tertiary/aromatic N) is 1. The van der Waals surface area contributed by atoms with Gasteiger partial charge in [-0.05, 0) is 30.7 Å². The minimum Gasteiger partial charge on any atom is -0.396 e. The Morgan fingerprint density at radius 1 is 1.17 bits per heavy atom. The maximum atomic E-state index is 12.5. The summed E-state index contributed by atoms with van der Waals surface area (Å²) in [7, 11) is 0. The molecule has 128 valence electrons. The Hall–Kier alpha value is -2.11. The van der Waals surface area contributed by atoms with Gasteiger partial charge in [-0.1, -0.05) is 36.4 Å². The molecular formula is C19H24N2O3. The molecule has 1 saturated heterocycles. The third-order valence-corrected chi connectivity index (χ3v) is 4.42. The maximum absolute atomic E-state index is 12.5. The van der Waals surface area contributed by atoms with Crippen molar-refractivity contribution in [1.82, 2.24) is 4.90 Å². The third kappa shape index (κ3) is 4.04. The van der Waals surface area contributed by atoms with Gasteiger partial charge >= 0.3 is 6.03 Å². The van der Waals surface area contributed by atoms with Crippen LogP contribution in [0, 0.1) is 0 Å². The summed E-state index contributed by atoms with van der Waals surface area (Å²) in [6, 6.07) is 13.9. The van der Waals surface area contributed by atoms with Crippen LogP contribution in [0.15, 0.2) is 42.5 Å². The first kappa shape index (κ1) is 16.7. The van der Waals surface area contributed by atoms with Crippen molar-refractivity contribution in [3.63, 3.8) is 0 Å². The van der Waals surface area contributed by atoms with Gasteiger partial charge in [0, 0.05) is 31.7 Å². The summed E-state index contributed by atoms with van der Waals surface area (Å²) in [5.41, 5.74) is 0.847. The summed E-state index contributed by atoms with van der Waals surface area (Å²) >= 11 is 0. The van der Waals surface area contributed by atoms with E-state index in [4.69, 9.17) is 9.84 Å². The summed E-state index contributed by atoms with van der Waals surface area (Å²) in [5, 5.41) is 14.0. The lowest BCUT2D eigenvalue weighted by Gasteiger charge is -2.32. The highest BCUT2D eigenvalue weighted by Crippen LogP contribution is 2.24. The molecule has 0 aliphatic carbocycles. The SMILES string of the molecule is O=C(Nc1cccc2ccccc12)N1CCC(OCCCO)CC1. The number of carbonyl (C=O) groups excluding carboxylic acids is 1. The minimum absolute atomic E-state index is 0.0554. The normalized spacial score (nSPS) is 15.6. The van der Waals surface area contributed by atoms with E-state index >= 15 is 0 Å². The Bertz CT molecular complexity index is 676. The van der Waals surface area contributed by atoms with E-state index in [1.165, 1.54) is 0 Å². The van der Waals surface area contributed by atoms with Gasteiger partial charge < -0.3 is 20.1 Å². The lowest BCUT2D eigenvalue weighted by Crippen LogP contribution is -2.43. The average Bonchev–Trinajstić information content (AvgIpc) is 2.63. The summed E-state index contributed by atoms with van der Waals surface area (Å²) in [6.07, 6.45) is 2.54. The van der Waals surface area contributed by atoms with Crippen LogP contribution in [0.2, 0.25) is 0 Å². The molecular weight excluding hydrogens is 304 g/mol. The second-order valence-electron chi connectivity index (χ2n) is 6.09. The van der Waals surface area contributed by atoms with Crippen LogP contribution < -0.4 is 5.32 Å². The van der Waals surface area contributed by atoms with Gasteiger partial charge in [-0.3, -0.25) is 0 Å². The predicted octanol–water partition coefficient (Wildman–Crippen LogP) is 3.24. The first-order valence-electron chi connectivity index (χ1n) is 8.54. The largest absolute Gasteiger partial charge is 0.396 e. The van der Waals surface area contributed by atoms with E-state index < -0.39 is 0 Å². The van der Waals surface area contributed by atoms with Crippen molar-refractivity contribution in [3.05, 3.63) is 42.5 Å². The summed E-state index contributed by atoms with van der Waals surface area (Å²) < 4.78 is 5.71. The van der Waals surface area contributed by atoms with Crippen molar-refractivity contribution in [3.8, 4) is 0 Å². The second-order valence-corrected chi connectivity index (χ2v) is 6.09. The number of piperidine rings is 1. The monoisotopic (exact) mass is 328 g/mol. The minimum atomic E-state index is -0.0554. The van der Waals surface area contributed by atoms with Gasteiger partial charge in [0.1, 0.15) is 0 Å². The fraction of sp³-hybridized carbons (Fsp3) is 0.421. The molecule has 3 rings (SSSR count). The summed E-state index contributed by atoms with van der Waals surface area (Å²) in [4.78, 5) is 14.4. The molecule has 1 aliphatic heterocycles. The molecule has 0 bridgehead atoms. The van der Waals surface area contributed by atoms with Crippen molar-refractivity contribution in [2.45, 2.75) is 25.4 Å². The van der Waals surface area contributed by atoms with Crippen LogP contribution in [0.5, 0.6) is 0 Å². The molecule has 5 heteroatoms. The quantitative estimate of drug-likeness (QED) is 0.828. The number of fused-ring (bicyclic) bond motifs is 1. The molecule has 0 radical (unpaired) electrons. The van der Waals surface area contributed by atoms with Crippen LogP contribution in [-0.2, 0) is 4.74 Å². The van der Waals surface area contributed by atoms with Gasteiger partial charge in [-0.25, -0.2) is 4.79 Å². The number of urea groups is 1. The molecule has 2 aromatic rings. The summed E-state index contributed by atoms with van der Waals surface area (Å²) in [5.74, 6) is 0. The number of likely N-dealkylation sites (tertiary alicyclic amines) is 1. The molecule has 0 saturated carbocycles. The predicted molar refractivity (Wildman–Crippen MR) is 95.2 cm³/mol. The first-order chi connectivity index (χ1) is 11.8. The van der Waals surface area contributed by atoms with Crippen LogP contribution >= 0.6 is 0 Å². The standard InChI is InChI=1S/C19H24N2O3/c22-13-4-14-24-16-9-11-21(12-10-16)19(23)20-18-8-3-6-15-5-1-2-7-17(15)18/h1-3,5-8,16,22H,4,9-14H2,(H,20,23). The van der Waals surface area contributed by atoms with E-state index in [1.807, 2.05) is 47.4 Å². The molecule has 0 atom stereocenters. The molecule has 24 heavy (non-hydrogen) atoms. The number of hydrogen-bond acceptors (Lipinski definition) is 3. The lowest BCUT2D eigenvalue weighted by molar-refractivity contribution is 0.0101. The van der Waals surface area contributed by atoms with Crippen LogP contribution in [0.1, 0.15) is 19.3 Å². The maximum Gasteiger partial charge on any atom is 0.321 e. The molecule has 1 fully saturated rings. The number of amides is 2. The topological polar surface area (TPSA) is 61.8 Å². The Kier molecular flexibility index (Phi) is 5.67. The molecule has 2 N–H and O–H groups in total. The van der Waals surface area contributed by atoms with E-state index in [1.54, 1.807) is 0 Å². The molecule has 0 aromatic heterocycles. The fourth-order valence-electron chi connectivity index (χ4n) is 3.07. The number of ether oxygens (including phenoxy) is 1. The van der Waals surface area contributed by atoms with E-state index in [2.05, 4.69) is 5.32 Å².